The van der Waals surface area contributed by atoms with Crippen molar-refractivity contribution in [3.63, 3.8) is 0 Å². The number of carbonyl (C=O) groups is 4. The standard InChI is InChI=1S/C24H27N3O8S3.Na/c1-16(36-37-20-7-4-6-13-25-20)17-9-11-18(12-10-17)23(30)26-14-5-2-3-8-22(29)35-27-21(28)15-19(24(27)31)38(32,33)34;/h4,6-7,9-13,16,19H,2-3,5,8,14-15H2,1H3,(H,26,30)(H,32,33,34);/q;+1/p-1. The van der Waals surface area contributed by atoms with Crippen LogP contribution in [-0.2, 0) is 29.3 Å². The molecule has 0 aliphatic carbocycles. The third-order valence-electron chi connectivity index (χ3n) is 5.50. The summed E-state index contributed by atoms with van der Waals surface area (Å²) < 4.78 is 33.0. The fourth-order valence-electron chi connectivity index (χ4n) is 3.41. The monoisotopic (exact) mass is 603 g/mol. The van der Waals surface area contributed by atoms with Crippen LogP contribution in [0.4, 0.5) is 0 Å². The first kappa shape index (κ1) is 33.3. The van der Waals surface area contributed by atoms with Crippen LogP contribution in [-0.4, -0.2) is 58.5 Å². The first-order valence-electron chi connectivity index (χ1n) is 11.7. The molecule has 1 aliphatic rings. The second-order valence-corrected chi connectivity index (χ2v) is 12.5. The summed E-state index contributed by atoms with van der Waals surface area (Å²) in [6.45, 7) is 2.47. The predicted molar refractivity (Wildman–Crippen MR) is 139 cm³/mol. The van der Waals surface area contributed by atoms with Crippen molar-refractivity contribution in [2.45, 2.75) is 54.6 Å². The van der Waals surface area contributed by atoms with Gasteiger partial charge in [-0.3, -0.25) is 14.4 Å². The normalized spacial score (nSPS) is 15.9. The van der Waals surface area contributed by atoms with Crippen LogP contribution in [0.3, 0.4) is 0 Å². The summed E-state index contributed by atoms with van der Waals surface area (Å²) in [5.41, 5.74) is 1.62. The van der Waals surface area contributed by atoms with Gasteiger partial charge in [-0.2, -0.15) is 0 Å². The van der Waals surface area contributed by atoms with Gasteiger partial charge < -0.3 is 14.7 Å². The maximum atomic E-state index is 12.4. The number of pyridine rings is 1. The van der Waals surface area contributed by atoms with Gasteiger partial charge in [0.2, 0.25) is 0 Å². The molecular weight excluding hydrogens is 577 g/mol. The molecule has 0 spiro atoms. The van der Waals surface area contributed by atoms with Gasteiger partial charge in [0.15, 0.2) is 0 Å². The summed E-state index contributed by atoms with van der Waals surface area (Å²) >= 11 is 0. The van der Waals surface area contributed by atoms with Gasteiger partial charge in [-0.25, -0.2) is 18.2 Å². The molecule has 1 N–H and O–H groups in total. The molecule has 3 rings (SSSR count). The van der Waals surface area contributed by atoms with E-state index in [2.05, 4.69) is 22.1 Å². The van der Waals surface area contributed by atoms with E-state index in [1.165, 1.54) is 0 Å². The molecule has 0 saturated carbocycles. The van der Waals surface area contributed by atoms with Gasteiger partial charge in [-0.1, -0.05) is 35.4 Å². The Morgan fingerprint density at radius 2 is 1.87 bits per heavy atom. The van der Waals surface area contributed by atoms with E-state index in [1.807, 2.05) is 30.3 Å². The number of nitrogens with zero attached hydrogens (tertiary/aromatic N) is 2. The fraction of sp³-hybridized carbons (Fsp3) is 0.375. The minimum absolute atomic E-state index is 0. The third kappa shape index (κ3) is 10.2. The van der Waals surface area contributed by atoms with Crippen LogP contribution in [0.15, 0.2) is 53.7 Å². The maximum absolute atomic E-state index is 12.4. The van der Waals surface area contributed by atoms with Crippen molar-refractivity contribution in [3.8, 4) is 0 Å². The van der Waals surface area contributed by atoms with Gasteiger partial charge in [-0.15, -0.1) is 5.06 Å². The van der Waals surface area contributed by atoms with Crippen molar-refractivity contribution >= 4 is 55.4 Å². The van der Waals surface area contributed by atoms with E-state index in [0.717, 1.165) is 10.6 Å². The molecule has 3 amide bonds. The van der Waals surface area contributed by atoms with E-state index in [0.29, 0.717) is 31.4 Å². The van der Waals surface area contributed by atoms with Crippen LogP contribution in [0, 0.1) is 0 Å². The topological polar surface area (TPSA) is 163 Å². The van der Waals surface area contributed by atoms with Gasteiger partial charge in [0.25, 0.3) is 17.7 Å². The molecule has 15 heteroatoms. The SMILES string of the molecule is CC(SSc1ccccn1)c1ccc(C(=O)NCCCCCC(=O)ON2C(=O)CC(S(=O)(=O)[O-])C2=O)cc1.[Na+]. The van der Waals surface area contributed by atoms with Crippen molar-refractivity contribution in [1.29, 1.82) is 0 Å². The number of aromatic nitrogens is 1. The van der Waals surface area contributed by atoms with E-state index >= 15 is 0 Å². The summed E-state index contributed by atoms with van der Waals surface area (Å²) in [6, 6.07) is 13.1. The minimum atomic E-state index is -5.02. The number of hydroxylamine groups is 2. The zero-order valence-electron chi connectivity index (χ0n) is 21.4. The van der Waals surface area contributed by atoms with Crippen molar-refractivity contribution in [3.05, 3.63) is 59.8 Å². The van der Waals surface area contributed by atoms with Crippen molar-refractivity contribution in [2.24, 2.45) is 0 Å². The van der Waals surface area contributed by atoms with Gasteiger partial charge in [0.1, 0.15) is 20.4 Å². The second kappa shape index (κ2) is 15.7. The molecule has 0 bridgehead atoms. The molecule has 0 radical (unpaired) electrons. The van der Waals surface area contributed by atoms with E-state index < -0.39 is 39.6 Å². The Kier molecular flexibility index (Phi) is 13.4. The Labute approximate surface area is 256 Å². The minimum Gasteiger partial charge on any atom is -0.747 e. The molecule has 1 aromatic carbocycles. The average molecular weight is 604 g/mol. The van der Waals surface area contributed by atoms with Crippen LogP contribution in [0.2, 0.25) is 0 Å². The van der Waals surface area contributed by atoms with Gasteiger partial charge in [-0.05, 0) is 60.4 Å². The Morgan fingerprint density at radius 1 is 1.15 bits per heavy atom. The number of imide groups is 1. The molecule has 204 valence electrons. The molecule has 1 fully saturated rings. The summed E-state index contributed by atoms with van der Waals surface area (Å²) in [7, 11) is -1.75. The zero-order valence-corrected chi connectivity index (χ0v) is 25.9. The average Bonchev–Trinajstić information content (AvgIpc) is 3.18. The Morgan fingerprint density at radius 3 is 2.49 bits per heavy atom. The number of nitrogens with one attached hydrogen (secondary N) is 1. The smallest absolute Gasteiger partial charge is 0.747 e. The van der Waals surface area contributed by atoms with Crippen molar-refractivity contribution in [1.82, 2.24) is 15.4 Å². The number of unbranched alkanes of at least 4 members (excludes halogenated alkanes) is 2. The molecule has 1 aromatic heterocycles. The van der Waals surface area contributed by atoms with Crippen LogP contribution in [0.5, 0.6) is 0 Å². The van der Waals surface area contributed by atoms with Crippen LogP contribution >= 0.6 is 21.6 Å². The summed E-state index contributed by atoms with van der Waals surface area (Å²) in [5, 5.41) is 1.93. The van der Waals surface area contributed by atoms with E-state index in [-0.39, 0.29) is 52.2 Å². The molecule has 1 aliphatic heterocycles. The summed E-state index contributed by atoms with van der Waals surface area (Å²) in [6.07, 6.45) is 2.26. The molecule has 1 saturated heterocycles. The first-order chi connectivity index (χ1) is 18.1. The van der Waals surface area contributed by atoms with Crippen LogP contribution in [0.25, 0.3) is 0 Å². The molecule has 2 aromatic rings. The number of hydrogen-bond acceptors (Lipinski definition) is 11. The van der Waals surface area contributed by atoms with Gasteiger partial charge in [0, 0.05) is 30.0 Å². The molecular formula is C24H26N3NaO8S3. The number of hydrogen-bond donors (Lipinski definition) is 1. The molecule has 39 heavy (non-hydrogen) atoms. The van der Waals surface area contributed by atoms with E-state index in [1.54, 1.807) is 39.9 Å². The van der Waals surface area contributed by atoms with Crippen molar-refractivity contribution < 1.29 is 66.5 Å². The van der Waals surface area contributed by atoms with Crippen LogP contribution in [0.1, 0.15) is 60.2 Å². The molecule has 2 heterocycles. The number of benzene rings is 1. The Bertz CT molecular complexity index is 1260. The predicted octanol–water partition coefficient (Wildman–Crippen LogP) is 0.00820. The van der Waals surface area contributed by atoms with E-state index in [4.69, 9.17) is 0 Å². The Hall–Kier alpha value is -1.94. The first-order valence-corrected chi connectivity index (χ1v) is 15.4. The Balaban J connectivity index is 0.00000533. The molecule has 2 atom stereocenters. The summed E-state index contributed by atoms with van der Waals surface area (Å²) in [4.78, 5) is 56.7. The molecule has 2 unspecified atom stereocenters. The quantitative estimate of drug-likeness (QED) is 0.108. The largest absolute Gasteiger partial charge is 1.00 e. The third-order valence-corrected chi connectivity index (χ3v) is 9.31. The van der Waals surface area contributed by atoms with Gasteiger partial charge >= 0.3 is 35.5 Å². The van der Waals surface area contributed by atoms with Crippen LogP contribution < -0.4 is 34.9 Å². The van der Waals surface area contributed by atoms with Gasteiger partial charge in [0.05, 0.1) is 6.42 Å². The second-order valence-electron chi connectivity index (χ2n) is 8.35. The fourth-order valence-corrected chi connectivity index (χ4v) is 6.20. The number of rotatable bonds is 13. The maximum Gasteiger partial charge on any atom is 1.00 e. The number of carbonyl (C=O) groups excluding carboxylic acids is 4. The van der Waals surface area contributed by atoms with E-state index in [9.17, 15) is 32.1 Å². The number of amides is 3. The summed E-state index contributed by atoms with van der Waals surface area (Å²) in [5.74, 6) is -3.52. The zero-order chi connectivity index (χ0) is 27.7. The van der Waals surface area contributed by atoms with Crippen molar-refractivity contribution in [2.75, 3.05) is 6.54 Å². The molecule has 11 nitrogen and oxygen atoms in total.